The summed E-state index contributed by atoms with van der Waals surface area (Å²) in [6, 6.07) is 69.9. The minimum Gasteiger partial charge on any atom is -0.456 e. The smallest absolute Gasteiger partial charge is 0.135 e. The highest BCUT2D eigenvalue weighted by Crippen LogP contribution is 2.42. The van der Waals surface area contributed by atoms with E-state index in [4.69, 9.17) is 4.42 Å². The van der Waals surface area contributed by atoms with Gasteiger partial charge >= 0.3 is 0 Å². The normalized spacial score (nSPS) is 12.9. The van der Waals surface area contributed by atoms with Gasteiger partial charge in [-0.25, -0.2) is 0 Å². The first-order valence-corrected chi connectivity index (χ1v) is 22.4. The van der Waals surface area contributed by atoms with Crippen LogP contribution in [0.4, 0.5) is 0 Å². The van der Waals surface area contributed by atoms with Crippen LogP contribution in [0, 0.1) is 5.92 Å². The van der Waals surface area contributed by atoms with Gasteiger partial charge in [0.15, 0.2) is 0 Å². The molecular formula is C60H44N2O. The number of nitrogens with zero attached hydrogens (tertiary/aromatic N) is 2. The van der Waals surface area contributed by atoms with E-state index in [0.717, 1.165) is 35.4 Å². The third kappa shape index (κ3) is 5.66. The van der Waals surface area contributed by atoms with Crippen LogP contribution in [0.15, 0.2) is 192 Å². The number of hydrogen-bond acceptors (Lipinski definition) is 1. The number of aromatic nitrogens is 2. The Hall–Kier alpha value is -7.62. The van der Waals surface area contributed by atoms with Gasteiger partial charge in [0.05, 0.1) is 22.1 Å². The number of fused-ring (bicyclic) bond motifs is 12. The summed E-state index contributed by atoms with van der Waals surface area (Å²) in [4.78, 5) is 0. The zero-order valence-corrected chi connectivity index (χ0v) is 35.4. The van der Waals surface area contributed by atoms with Crippen molar-refractivity contribution in [1.29, 1.82) is 0 Å². The molecule has 0 spiro atoms. The number of benzene rings is 9. The van der Waals surface area contributed by atoms with Gasteiger partial charge < -0.3 is 13.6 Å². The molecule has 0 saturated heterocycles. The van der Waals surface area contributed by atoms with E-state index in [-0.39, 0.29) is 0 Å². The highest BCUT2D eigenvalue weighted by molar-refractivity contribution is 6.13. The Labute approximate surface area is 366 Å². The van der Waals surface area contributed by atoms with E-state index < -0.39 is 0 Å². The molecule has 3 nitrogen and oxygen atoms in total. The zero-order valence-electron chi connectivity index (χ0n) is 35.4. The fourth-order valence-electron chi connectivity index (χ4n) is 10.6. The molecule has 3 aromatic heterocycles. The standard InChI is InChI=1S/C60H44N2O/c1-3-37(2)29-38-19-27-59-53(30-38)54-35-42(24-28-60(54)63-59)41-23-26-58-52(34-41)49-16-7-9-18-56(49)62(58)46-13-10-12-45(36-46)61-55-17-8-6-15-48(55)51-33-40(22-25-57(51)61)39-20-21-44-31-43-11-4-5-14-47(43)50(44)32-39/h4-28,30,32-37H,3,29,31H2,1-2H3. The topological polar surface area (TPSA) is 23.0 Å². The van der Waals surface area contributed by atoms with Crippen molar-refractivity contribution in [3.05, 3.63) is 205 Å². The van der Waals surface area contributed by atoms with E-state index >= 15 is 0 Å². The van der Waals surface area contributed by atoms with Gasteiger partial charge in [0.1, 0.15) is 11.2 Å². The average molecular weight is 809 g/mol. The summed E-state index contributed by atoms with van der Waals surface area (Å²) in [5.74, 6) is 0.649. The lowest BCUT2D eigenvalue weighted by Crippen LogP contribution is -1.98. The minimum absolute atomic E-state index is 0.649. The molecule has 0 fully saturated rings. The first-order valence-electron chi connectivity index (χ1n) is 22.4. The molecule has 12 aromatic rings. The highest BCUT2D eigenvalue weighted by Gasteiger charge is 2.21. The monoisotopic (exact) mass is 808 g/mol. The van der Waals surface area contributed by atoms with Gasteiger partial charge in [-0.3, -0.25) is 0 Å². The van der Waals surface area contributed by atoms with Crippen LogP contribution in [-0.2, 0) is 12.8 Å². The molecule has 300 valence electrons. The first kappa shape index (κ1) is 36.1. The van der Waals surface area contributed by atoms with Gasteiger partial charge in [-0.15, -0.1) is 0 Å². The molecule has 1 atom stereocenters. The van der Waals surface area contributed by atoms with Crippen LogP contribution in [0.25, 0.3) is 110 Å². The Morgan fingerprint density at radius 1 is 0.429 bits per heavy atom. The van der Waals surface area contributed by atoms with Gasteiger partial charge in [0, 0.05) is 43.7 Å². The summed E-state index contributed by atoms with van der Waals surface area (Å²) < 4.78 is 11.2. The van der Waals surface area contributed by atoms with Crippen molar-refractivity contribution >= 4 is 65.6 Å². The molecule has 1 unspecified atom stereocenters. The second kappa shape index (κ2) is 14.0. The second-order valence-corrected chi connectivity index (χ2v) is 17.8. The maximum Gasteiger partial charge on any atom is 0.135 e. The van der Waals surface area contributed by atoms with Gasteiger partial charge in [0.2, 0.25) is 0 Å². The quantitative estimate of drug-likeness (QED) is 0.157. The molecule has 9 aromatic carbocycles. The van der Waals surface area contributed by atoms with Gasteiger partial charge in [-0.2, -0.15) is 0 Å². The van der Waals surface area contributed by atoms with Crippen LogP contribution < -0.4 is 0 Å². The second-order valence-electron chi connectivity index (χ2n) is 17.8. The molecule has 0 saturated carbocycles. The summed E-state index contributed by atoms with van der Waals surface area (Å²) in [6.07, 6.45) is 3.26. The Kier molecular flexibility index (Phi) is 7.99. The molecule has 13 rings (SSSR count). The van der Waals surface area contributed by atoms with Crippen LogP contribution in [0.2, 0.25) is 0 Å². The fourth-order valence-corrected chi connectivity index (χ4v) is 10.6. The number of hydrogen-bond donors (Lipinski definition) is 0. The van der Waals surface area contributed by atoms with Crippen molar-refractivity contribution in [3.8, 4) is 44.8 Å². The van der Waals surface area contributed by atoms with Crippen LogP contribution in [0.3, 0.4) is 0 Å². The molecule has 0 aliphatic heterocycles. The number of furan rings is 1. The molecule has 3 heteroatoms. The predicted molar refractivity (Wildman–Crippen MR) is 265 cm³/mol. The summed E-state index contributed by atoms with van der Waals surface area (Å²) in [6.45, 7) is 4.60. The maximum atomic E-state index is 6.33. The third-order valence-corrected chi connectivity index (χ3v) is 14.0. The number of rotatable bonds is 7. The van der Waals surface area contributed by atoms with Crippen molar-refractivity contribution < 1.29 is 4.42 Å². The van der Waals surface area contributed by atoms with E-state index in [2.05, 4.69) is 211 Å². The molecule has 1 aliphatic carbocycles. The molecule has 0 bridgehead atoms. The predicted octanol–water partition coefficient (Wildman–Crippen LogP) is 16.3. The van der Waals surface area contributed by atoms with E-state index in [9.17, 15) is 0 Å². The van der Waals surface area contributed by atoms with E-state index in [1.54, 1.807) is 0 Å². The van der Waals surface area contributed by atoms with Crippen LogP contribution >= 0.6 is 0 Å². The van der Waals surface area contributed by atoms with Crippen molar-refractivity contribution in [2.75, 3.05) is 0 Å². The Morgan fingerprint density at radius 2 is 0.952 bits per heavy atom. The SMILES string of the molecule is CCC(C)Cc1ccc2oc3ccc(-c4ccc5c(c4)c4ccccc4n5-c4cccc(-n5c6ccccc6c6cc(-c7ccc8c(c7)-c7ccccc7C8)ccc65)c4)cc3c2c1. The van der Waals surface area contributed by atoms with Crippen molar-refractivity contribution in [2.45, 2.75) is 33.1 Å². The molecule has 0 amide bonds. The maximum absolute atomic E-state index is 6.33. The summed E-state index contributed by atoms with van der Waals surface area (Å²) in [7, 11) is 0. The van der Waals surface area contributed by atoms with Gasteiger partial charge in [-0.1, -0.05) is 123 Å². The molecule has 3 heterocycles. The van der Waals surface area contributed by atoms with E-state index in [1.807, 2.05) is 0 Å². The lowest BCUT2D eigenvalue weighted by Gasteiger charge is -2.13. The van der Waals surface area contributed by atoms with Crippen LogP contribution in [0.5, 0.6) is 0 Å². The van der Waals surface area contributed by atoms with Gasteiger partial charge in [0.25, 0.3) is 0 Å². The van der Waals surface area contributed by atoms with Gasteiger partial charge in [-0.05, 0) is 154 Å². The zero-order chi connectivity index (χ0) is 41.8. The van der Waals surface area contributed by atoms with Crippen molar-refractivity contribution in [1.82, 2.24) is 9.13 Å². The average Bonchev–Trinajstić information content (AvgIpc) is 4.08. The van der Waals surface area contributed by atoms with E-state index in [1.165, 1.54) is 111 Å². The molecule has 0 radical (unpaired) electrons. The largest absolute Gasteiger partial charge is 0.456 e. The Bertz CT molecular complexity index is 3820. The van der Waals surface area contributed by atoms with Crippen LogP contribution in [0.1, 0.15) is 37.0 Å². The van der Waals surface area contributed by atoms with Crippen molar-refractivity contribution in [3.63, 3.8) is 0 Å². The number of para-hydroxylation sites is 2. The summed E-state index contributed by atoms with van der Waals surface area (Å²) >= 11 is 0. The van der Waals surface area contributed by atoms with Crippen molar-refractivity contribution in [2.24, 2.45) is 5.92 Å². The fraction of sp³-hybridized carbons (Fsp3) is 0.100. The van der Waals surface area contributed by atoms with E-state index in [0.29, 0.717) is 5.92 Å². The molecule has 0 N–H and O–H groups in total. The minimum atomic E-state index is 0.649. The lowest BCUT2D eigenvalue weighted by molar-refractivity contribution is 0.560. The lowest BCUT2D eigenvalue weighted by atomic mass is 9.97. The summed E-state index contributed by atoms with van der Waals surface area (Å²) in [5, 5.41) is 7.35. The summed E-state index contributed by atoms with van der Waals surface area (Å²) in [5.41, 5.74) is 20.7. The molecule has 1 aliphatic rings. The highest BCUT2D eigenvalue weighted by atomic mass is 16.3. The first-order chi connectivity index (χ1) is 31.1. The molecule has 63 heavy (non-hydrogen) atoms. The van der Waals surface area contributed by atoms with Crippen LogP contribution in [-0.4, -0.2) is 9.13 Å². The molecular weight excluding hydrogens is 765 g/mol. The third-order valence-electron chi connectivity index (χ3n) is 14.0. The Balaban J connectivity index is 0.912. The Morgan fingerprint density at radius 3 is 1.63 bits per heavy atom.